The summed E-state index contributed by atoms with van der Waals surface area (Å²) in [6.45, 7) is 8.47. The lowest BCUT2D eigenvalue weighted by atomic mass is 9.90. The molecule has 82 valence electrons. The van der Waals surface area contributed by atoms with E-state index in [9.17, 15) is 4.79 Å². The minimum atomic E-state index is 0.0133. The van der Waals surface area contributed by atoms with E-state index in [0.717, 1.165) is 12.7 Å². The predicted molar refractivity (Wildman–Crippen MR) is 64.2 cm³/mol. The van der Waals surface area contributed by atoms with Gasteiger partial charge in [0.05, 0.1) is 0 Å². The van der Waals surface area contributed by atoms with Gasteiger partial charge in [-0.2, -0.15) is 0 Å². The van der Waals surface area contributed by atoms with Crippen molar-refractivity contribution < 1.29 is 4.79 Å². The molecule has 0 fully saturated rings. The average Bonchev–Trinajstić information content (AvgIpc) is 2.16. The lowest BCUT2D eigenvalue weighted by Crippen LogP contribution is -2.04. The normalized spacial score (nSPS) is 12.9. The first-order chi connectivity index (χ1) is 7.04. The predicted octanol–water partition coefficient (Wildman–Crippen LogP) is 3.50. The van der Waals surface area contributed by atoms with Gasteiger partial charge in [-0.05, 0) is 30.4 Å². The van der Waals surface area contributed by atoms with E-state index in [1.54, 1.807) is 0 Å². The highest BCUT2D eigenvalue weighted by atomic mass is 16.1. The van der Waals surface area contributed by atoms with Gasteiger partial charge >= 0.3 is 0 Å². The van der Waals surface area contributed by atoms with Crippen molar-refractivity contribution in [3.05, 3.63) is 34.9 Å². The fourth-order valence-electron chi connectivity index (χ4n) is 1.87. The molecule has 1 heteroatoms. The Kier molecular flexibility index (Phi) is 4.07. The fraction of sp³-hybridized carbons (Fsp3) is 0.500. The molecule has 0 spiro atoms. The molecule has 0 heterocycles. The van der Waals surface area contributed by atoms with Crippen LogP contribution in [0.25, 0.3) is 0 Å². The van der Waals surface area contributed by atoms with Crippen LogP contribution in [0.4, 0.5) is 0 Å². The van der Waals surface area contributed by atoms with Crippen LogP contribution in [0.15, 0.2) is 18.2 Å². The first-order valence-electron chi connectivity index (χ1n) is 5.59. The van der Waals surface area contributed by atoms with Crippen molar-refractivity contribution in [3.8, 4) is 0 Å². The van der Waals surface area contributed by atoms with Crippen LogP contribution in [-0.2, 0) is 11.2 Å². The van der Waals surface area contributed by atoms with E-state index >= 15 is 0 Å². The summed E-state index contributed by atoms with van der Waals surface area (Å²) in [5.41, 5.74) is 3.78. The molecule has 0 bridgehead atoms. The van der Waals surface area contributed by atoms with Gasteiger partial charge < -0.3 is 4.79 Å². The van der Waals surface area contributed by atoms with E-state index in [0.29, 0.717) is 5.92 Å². The molecule has 1 atom stereocenters. The standard InChI is InChI=1S/C14H20O/c1-10(2)7-13-8-11(3)5-6-14(13)12(4)9-15/h5-6,8-10,12H,7H2,1-4H3. The maximum atomic E-state index is 10.8. The van der Waals surface area contributed by atoms with Crippen LogP contribution in [0.1, 0.15) is 43.4 Å². The SMILES string of the molecule is Cc1ccc(C(C)C=O)c(CC(C)C)c1. The number of hydrogen-bond acceptors (Lipinski definition) is 1. The van der Waals surface area contributed by atoms with Crippen molar-refractivity contribution in [1.29, 1.82) is 0 Å². The summed E-state index contributed by atoms with van der Waals surface area (Å²) < 4.78 is 0. The van der Waals surface area contributed by atoms with Gasteiger partial charge in [-0.3, -0.25) is 0 Å². The van der Waals surface area contributed by atoms with Crippen LogP contribution in [0.3, 0.4) is 0 Å². The minimum absolute atomic E-state index is 0.0133. The second kappa shape index (κ2) is 5.11. The summed E-state index contributed by atoms with van der Waals surface area (Å²) in [6, 6.07) is 6.38. The molecule has 0 radical (unpaired) electrons. The second-order valence-electron chi connectivity index (χ2n) is 4.72. The highest BCUT2D eigenvalue weighted by Gasteiger charge is 2.10. The van der Waals surface area contributed by atoms with Crippen LogP contribution < -0.4 is 0 Å². The number of rotatable bonds is 4. The van der Waals surface area contributed by atoms with Gasteiger partial charge in [0.15, 0.2) is 0 Å². The van der Waals surface area contributed by atoms with Crippen LogP contribution in [0, 0.1) is 12.8 Å². The highest BCUT2D eigenvalue weighted by molar-refractivity contribution is 5.62. The smallest absolute Gasteiger partial charge is 0.127 e. The lowest BCUT2D eigenvalue weighted by Gasteiger charge is -2.14. The second-order valence-corrected chi connectivity index (χ2v) is 4.72. The van der Waals surface area contributed by atoms with Gasteiger partial charge in [0, 0.05) is 5.92 Å². The van der Waals surface area contributed by atoms with Gasteiger partial charge in [0.25, 0.3) is 0 Å². The van der Waals surface area contributed by atoms with Gasteiger partial charge in [0.2, 0.25) is 0 Å². The molecular weight excluding hydrogens is 184 g/mol. The molecule has 0 saturated heterocycles. The van der Waals surface area contributed by atoms with Crippen LogP contribution >= 0.6 is 0 Å². The first kappa shape index (κ1) is 12.0. The van der Waals surface area contributed by atoms with E-state index in [-0.39, 0.29) is 5.92 Å². The Morgan fingerprint density at radius 3 is 2.47 bits per heavy atom. The third kappa shape index (κ3) is 3.19. The molecule has 0 aliphatic rings. The molecule has 1 unspecified atom stereocenters. The fourth-order valence-corrected chi connectivity index (χ4v) is 1.87. The zero-order chi connectivity index (χ0) is 11.4. The molecule has 0 aromatic heterocycles. The zero-order valence-corrected chi connectivity index (χ0v) is 10.1. The Hall–Kier alpha value is -1.11. The maximum absolute atomic E-state index is 10.8. The largest absolute Gasteiger partial charge is 0.303 e. The van der Waals surface area contributed by atoms with Crippen LogP contribution in [0.5, 0.6) is 0 Å². The molecule has 0 aliphatic heterocycles. The summed E-state index contributed by atoms with van der Waals surface area (Å²) in [6.07, 6.45) is 2.07. The van der Waals surface area contributed by atoms with E-state index in [4.69, 9.17) is 0 Å². The van der Waals surface area contributed by atoms with E-state index in [2.05, 4.69) is 39.0 Å². The van der Waals surface area contributed by atoms with Crippen LogP contribution in [-0.4, -0.2) is 6.29 Å². The quantitative estimate of drug-likeness (QED) is 0.686. The van der Waals surface area contributed by atoms with E-state index < -0.39 is 0 Å². The summed E-state index contributed by atoms with van der Waals surface area (Å²) in [4.78, 5) is 10.8. The highest BCUT2D eigenvalue weighted by Crippen LogP contribution is 2.22. The number of benzene rings is 1. The number of aryl methyl sites for hydroxylation is 1. The molecule has 0 saturated carbocycles. The lowest BCUT2D eigenvalue weighted by molar-refractivity contribution is -0.108. The Morgan fingerprint density at radius 1 is 1.27 bits per heavy atom. The Bertz CT molecular complexity index is 339. The monoisotopic (exact) mass is 204 g/mol. The van der Waals surface area contributed by atoms with Crippen molar-refractivity contribution in [2.45, 2.75) is 40.0 Å². The summed E-state index contributed by atoms with van der Waals surface area (Å²) in [7, 11) is 0. The summed E-state index contributed by atoms with van der Waals surface area (Å²) in [5, 5.41) is 0. The minimum Gasteiger partial charge on any atom is -0.303 e. The summed E-state index contributed by atoms with van der Waals surface area (Å²) >= 11 is 0. The summed E-state index contributed by atoms with van der Waals surface area (Å²) in [5.74, 6) is 0.642. The number of hydrogen-bond donors (Lipinski definition) is 0. The zero-order valence-electron chi connectivity index (χ0n) is 10.1. The van der Waals surface area contributed by atoms with Crippen molar-refractivity contribution in [2.75, 3.05) is 0 Å². The third-order valence-electron chi connectivity index (χ3n) is 2.62. The van der Waals surface area contributed by atoms with Gasteiger partial charge in [0.1, 0.15) is 6.29 Å². The van der Waals surface area contributed by atoms with Gasteiger partial charge in [-0.15, -0.1) is 0 Å². The van der Waals surface area contributed by atoms with Crippen LogP contribution in [0.2, 0.25) is 0 Å². The van der Waals surface area contributed by atoms with Crippen molar-refractivity contribution in [2.24, 2.45) is 5.92 Å². The molecule has 1 aromatic rings. The Labute approximate surface area is 92.5 Å². The molecule has 15 heavy (non-hydrogen) atoms. The Balaban J connectivity index is 3.08. The van der Waals surface area contributed by atoms with Crippen molar-refractivity contribution in [1.82, 2.24) is 0 Å². The Morgan fingerprint density at radius 2 is 1.93 bits per heavy atom. The molecule has 1 aromatic carbocycles. The molecule has 0 aliphatic carbocycles. The van der Waals surface area contributed by atoms with Gasteiger partial charge in [-0.25, -0.2) is 0 Å². The van der Waals surface area contributed by atoms with Crippen molar-refractivity contribution in [3.63, 3.8) is 0 Å². The number of carbonyl (C=O) groups excluding carboxylic acids is 1. The average molecular weight is 204 g/mol. The maximum Gasteiger partial charge on any atom is 0.127 e. The molecule has 0 amide bonds. The molecular formula is C14H20O. The van der Waals surface area contributed by atoms with E-state index in [1.807, 2.05) is 6.92 Å². The number of carbonyl (C=O) groups is 1. The number of aldehydes is 1. The topological polar surface area (TPSA) is 17.1 Å². The third-order valence-corrected chi connectivity index (χ3v) is 2.62. The van der Waals surface area contributed by atoms with E-state index in [1.165, 1.54) is 16.7 Å². The molecule has 1 rings (SSSR count). The van der Waals surface area contributed by atoms with Crippen molar-refractivity contribution >= 4 is 6.29 Å². The molecule has 1 nitrogen and oxygen atoms in total. The van der Waals surface area contributed by atoms with Gasteiger partial charge in [-0.1, -0.05) is 44.5 Å². The first-order valence-corrected chi connectivity index (χ1v) is 5.59. The molecule has 0 N–H and O–H groups in total.